The number of anilines is 1. The maximum absolute atomic E-state index is 9.87. The molecule has 6 nitrogen and oxygen atoms in total. The second-order valence-corrected chi connectivity index (χ2v) is 8.38. The van der Waals surface area contributed by atoms with Crippen molar-refractivity contribution in [1.29, 1.82) is 0 Å². The van der Waals surface area contributed by atoms with Gasteiger partial charge in [-0.15, -0.1) is 0 Å². The van der Waals surface area contributed by atoms with Crippen LogP contribution in [0.1, 0.15) is 87.7 Å². The van der Waals surface area contributed by atoms with Crippen LogP contribution < -0.4 is 22.1 Å². The predicted octanol–water partition coefficient (Wildman–Crippen LogP) is 6.04. The van der Waals surface area contributed by atoms with Gasteiger partial charge in [-0.05, 0) is 81.7 Å². The highest BCUT2D eigenvalue weighted by Crippen LogP contribution is 2.25. The maximum atomic E-state index is 9.87. The molecule has 0 saturated heterocycles. The molecule has 1 aromatic carbocycles. The fourth-order valence-corrected chi connectivity index (χ4v) is 3.04. The van der Waals surface area contributed by atoms with Crippen LogP contribution in [0.2, 0.25) is 0 Å². The van der Waals surface area contributed by atoms with Crippen LogP contribution in [-0.2, 0) is 5.72 Å². The highest BCUT2D eigenvalue weighted by Gasteiger charge is 2.19. The van der Waals surface area contributed by atoms with Gasteiger partial charge in [-0.1, -0.05) is 66.3 Å². The molecule has 1 atom stereocenters. The lowest BCUT2D eigenvalue weighted by Crippen LogP contribution is -2.33. The van der Waals surface area contributed by atoms with Crippen LogP contribution in [0.5, 0.6) is 0 Å². The first kappa shape index (κ1) is 39.7. The summed E-state index contributed by atoms with van der Waals surface area (Å²) in [4.78, 5) is 2.38. The van der Waals surface area contributed by atoms with Crippen LogP contribution >= 0.6 is 0 Å². The van der Waals surface area contributed by atoms with E-state index in [1.807, 2.05) is 45.1 Å². The zero-order valence-electron chi connectivity index (χ0n) is 22.9. The average Bonchev–Trinajstić information content (AvgIpc) is 2.73. The van der Waals surface area contributed by atoms with Crippen molar-refractivity contribution in [2.45, 2.75) is 87.8 Å². The van der Waals surface area contributed by atoms with Crippen molar-refractivity contribution in [2.75, 3.05) is 18.0 Å². The van der Waals surface area contributed by atoms with Crippen molar-refractivity contribution in [3.8, 4) is 0 Å². The Morgan fingerprint density at radius 2 is 1.66 bits per heavy atom. The Morgan fingerprint density at radius 1 is 1.17 bits per heavy atom. The Bertz CT molecular complexity index is 776. The number of hydrogen-bond acceptors (Lipinski definition) is 5. The second kappa shape index (κ2) is 22.0. The standard InChI is InChI=1S/C15H26N2O.C10H16N2.C3H8.CH4.H2O.H2/c1-5-9-17(10-6-2)13-7-8-14(12(3)11-13)15(4,16)18;1-4-5-10(9(3)12)6-8(2)7-11;1-3-2;;;/h7-8,11,18H,5-6,9-10,16H2,1-4H3;4-7H,3,11-12H2,1-2H3;3H2,1-2H3;1H4;1H2;1H/b;5-4-,8-7-,10-6-;;;;. The molecule has 6 heteroatoms. The van der Waals surface area contributed by atoms with Crippen LogP contribution in [0.15, 0.2) is 66.0 Å². The number of aryl methyl sites for hydroxylation is 1. The van der Waals surface area contributed by atoms with Crippen molar-refractivity contribution in [3.05, 3.63) is 77.2 Å². The van der Waals surface area contributed by atoms with Crippen LogP contribution in [0.3, 0.4) is 0 Å². The number of rotatable bonds is 9. The molecule has 0 fully saturated rings. The lowest BCUT2D eigenvalue weighted by Gasteiger charge is -2.26. The number of benzene rings is 1. The van der Waals surface area contributed by atoms with Crippen molar-refractivity contribution in [1.82, 2.24) is 0 Å². The van der Waals surface area contributed by atoms with E-state index in [-0.39, 0.29) is 14.3 Å². The van der Waals surface area contributed by atoms with E-state index in [0.717, 1.165) is 48.2 Å². The van der Waals surface area contributed by atoms with Gasteiger partial charge in [0.15, 0.2) is 0 Å². The van der Waals surface area contributed by atoms with E-state index in [9.17, 15) is 5.11 Å². The number of nitrogens with two attached hydrogens (primary N) is 3. The van der Waals surface area contributed by atoms with Gasteiger partial charge in [0.25, 0.3) is 0 Å². The first-order chi connectivity index (χ1) is 15.4. The monoisotopic (exact) mass is 494 g/mol. The van der Waals surface area contributed by atoms with Crippen LogP contribution in [0.4, 0.5) is 5.69 Å². The zero-order chi connectivity index (χ0) is 26.0. The minimum absolute atomic E-state index is 0. The molecule has 0 bridgehead atoms. The summed E-state index contributed by atoms with van der Waals surface area (Å²) in [5.41, 5.74) is 20.8. The third kappa shape index (κ3) is 17.5. The van der Waals surface area contributed by atoms with Gasteiger partial charge in [0.2, 0.25) is 0 Å². The third-order valence-corrected chi connectivity index (χ3v) is 4.47. The van der Waals surface area contributed by atoms with Crippen molar-refractivity contribution in [2.24, 2.45) is 17.2 Å². The molecule has 0 radical (unpaired) electrons. The summed E-state index contributed by atoms with van der Waals surface area (Å²) in [7, 11) is 0. The molecule has 0 spiro atoms. The smallest absolute Gasteiger partial charge is 0.137 e. The Labute approximate surface area is 218 Å². The van der Waals surface area contributed by atoms with E-state index in [1.54, 1.807) is 6.92 Å². The molecule has 0 amide bonds. The summed E-state index contributed by atoms with van der Waals surface area (Å²) < 4.78 is 0. The fourth-order valence-electron chi connectivity index (χ4n) is 3.04. The van der Waals surface area contributed by atoms with Gasteiger partial charge in [0, 0.05) is 31.5 Å². The molecule has 0 aliphatic heterocycles. The van der Waals surface area contributed by atoms with Crippen molar-refractivity contribution < 1.29 is 12.0 Å². The van der Waals surface area contributed by atoms with Crippen LogP contribution in [0.25, 0.3) is 0 Å². The second-order valence-electron chi connectivity index (χ2n) is 8.38. The van der Waals surface area contributed by atoms with E-state index >= 15 is 0 Å². The normalized spacial score (nSPS) is 12.6. The Balaban J connectivity index is -0.000000157. The Kier molecular flexibility index (Phi) is 24.9. The van der Waals surface area contributed by atoms with Gasteiger partial charge in [0.05, 0.1) is 0 Å². The maximum Gasteiger partial charge on any atom is 0.137 e. The molecule has 206 valence electrons. The minimum Gasteiger partial charge on any atom is -0.412 e. The van der Waals surface area contributed by atoms with Gasteiger partial charge >= 0.3 is 0 Å². The lowest BCUT2D eigenvalue weighted by molar-refractivity contribution is 0.0641. The first-order valence-corrected chi connectivity index (χ1v) is 12.0. The lowest BCUT2D eigenvalue weighted by atomic mass is 9.99. The number of allylic oxidation sites excluding steroid dienone is 4. The van der Waals surface area contributed by atoms with E-state index < -0.39 is 5.72 Å². The van der Waals surface area contributed by atoms with E-state index in [4.69, 9.17) is 17.2 Å². The first-order valence-electron chi connectivity index (χ1n) is 12.0. The number of nitrogens with zero attached hydrogens (tertiary/aromatic N) is 1. The largest absolute Gasteiger partial charge is 0.412 e. The molecular weight excluding hydrogens is 436 g/mol. The molecule has 1 rings (SSSR count). The van der Waals surface area contributed by atoms with Crippen molar-refractivity contribution >= 4 is 5.69 Å². The molecule has 0 heterocycles. The molecule has 1 aromatic rings. The zero-order valence-corrected chi connectivity index (χ0v) is 22.9. The van der Waals surface area contributed by atoms with Gasteiger partial charge < -0.3 is 32.7 Å². The molecule has 0 saturated carbocycles. The van der Waals surface area contributed by atoms with E-state index in [0.29, 0.717) is 5.70 Å². The summed E-state index contributed by atoms with van der Waals surface area (Å²) in [6.45, 7) is 21.9. The highest BCUT2D eigenvalue weighted by molar-refractivity contribution is 5.51. The van der Waals surface area contributed by atoms with Gasteiger partial charge in [-0.3, -0.25) is 0 Å². The summed E-state index contributed by atoms with van der Waals surface area (Å²) in [6, 6.07) is 6.10. The van der Waals surface area contributed by atoms with Gasteiger partial charge in [-0.25, -0.2) is 0 Å². The third-order valence-electron chi connectivity index (χ3n) is 4.47. The molecule has 0 aliphatic rings. The summed E-state index contributed by atoms with van der Waals surface area (Å²) >= 11 is 0. The highest BCUT2D eigenvalue weighted by atomic mass is 16.3. The summed E-state index contributed by atoms with van der Waals surface area (Å²) in [5.74, 6) is 0. The average molecular weight is 495 g/mol. The van der Waals surface area contributed by atoms with Crippen LogP contribution in [-0.4, -0.2) is 23.7 Å². The molecule has 0 aromatic heterocycles. The predicted molar refractivity (Wildman–Crippen MR) is 160 cm³/mol. The molecule has 0 aliphatic carbocycles. The Hall–Kier alpha value is -2.54. The molecule has 9 N–H and O–H groups in total. The molecular formula is C29H58N4O2. The Morgan fingerprint density at radius 3 is 1.97 bits per heavy atom. The minimum atomic E-state index is -1.26. The number of aliphatic hydroxyl groups is 1. The topological polar surface area (TPSA) is 133 Å². The number of hydrogen-bond donors (Lipinski definition) is 4. The molecule has 1 unspecified atom stereocenters. The van der Waals surface area contributed by atoms with E-state index in [2.05, 4.69) is 51.3 Å². The quantitative estimate of drug-likeness (QED) is 0.245. The van der Waals surface area contributed by atoms with Gasteiger partial charge in [0.1, 0.15) is 5.72 Å². The SMILES string of the molecule is C.C=C(N)C(/C=C\C)=C\C(C)=C/N.CCC.CCCN(CCC)c1ccc(C(C)(N)O)c(C)c1.O.[HH]. The molecule has 35 heavy (non-hydrogen) atoms. The fraction of sp³-hybridized carbons (Fsp3) is 0.517. The van der Waals surface area contributed by atoms with Crippen molar-refractivity contribution in [3.63, 3.8) is 0 Å². The van der Waals surface area contributed by atoms with Crippen LogP contribution in [0, 0.1) is 6.92 Å². The summed E-state index contributed by atoms with van der Waals surface area (Å²) in [5, 5.41) is 9.87. The summed E-state index contributed by atoms with van der Waals surface area (Å²) in [6.07, 6.45) is 10.8. The van der Waals surface area contributed by atoms with Gasteiger partial charge in [-0.2, -0.15) is 0 Å². The van der Waals surface area contributed by atoms with E-state index in [1.165, 1.54) is 18.3 Å².